The van der Waals surface area contributed by atoms with Crippen molar-refractivity contribution in [1.29, 1.82) is 0 Å². The van der Waals surface area contributed by atoms with E-state index in [0.717, 1.165) is 19.3 Å². The Kier molecular flexibility index (Phi) is 4.46. The van der Waals surface area contributed by atoms with Crippen LogP contribution in [-0.4, -0.2) is 39.6 Å². The van der Waals surface area contributed by atoms with E-state index in [2.05, 4.69) is 10.0 Å². The van der Waals surface area contributed by atoms with Gasteiger partial charge in [-0.15, -0.1) is 0 Å². The fourth-order valence-corrected chi connectivity index (χ4v) is 3.84. The number of sulfonamides is 1. The highest BCUT2D eigenvalue weighted by atomic mass is 32.2. The predicted molar refractivity (Wildman–Crippen MR) is 81.1 cm³/mol. The second-order valence-corrected chi connectivity index (χ2v) is 7.52. The lowest BCUT2D eigenvalue weighted by Gasteiger charge is -2.26. The molecule has 1 saturated heterocycles. The van der Waals surface area contributed by atoms with Crippen molar-refractivity contribution in [3.63, 3.8) is 0 Å². The van der Waals surface area contributed by atoms with Crippen LogP contribution in [0.3, 0.4) is 0 Å². The fourth-order valence-electron chi connectivity index (χ4n) is 2.54. The quantitative estimate of drug-likeness (QED) is 0.847. The van der Waals surface area contributed by atoms with E-state index >= 15 is 0 Å². The van der Waals surface area contributed by atoms with Gasteiger partial charge >= 0.3 is 0 Å². The van der Waals surface area contributed by atoms with Gasteiger partial charge in [0.05, 0.1) is 11.5 Å². The molecule has 1 aromatic carbocycles. The highest BCUT2D eigenvalue weighted by molar-refractivity contribution is 7.89. The molecule has 1 heterocycles. The maximum absolute atomic E-state index is 12.4. The number of rotatable bonds is 5. The van der Waals surface area contributed by atoms with E-state index in [-0.39, 0.29) is 22.9 Å². The average molecular weight is 324 g/mol. The molecular formula is C15H20N2O4S. The molecule has 3 rings (SSSR count). The summed E-state index contributed by atoms with van der Waals surface area (Å²) in [5, 5.41) is 2.91. The maximum atomic E-state index is 12.4. The van der Waals surface area contributed by atoms with Crippen LogP contribution in [0.1, 0.15) is 36.0 Å². The summed E-state index contributed by atoms with van der Waals surface area (Å²) in [6.45, 7) is 0.956. The Hall–Kier alpha value is -1.44. The number of benzene rings is 1. The molecule has 2 N–H and O–H groups in total. The Labute approximate surface area is 130 Å². The first kappa shape index (κ1) is 15.5. The Bertz CT molecular complexity index is 649. The molecule has 0 radical (unpaired) electrons. The normalized spacial score (nSPS) is 22.3. The van der Waals surface area contributed by atoms with E-state index in [1.165, 1.54) is 12.1 Å². The fraction of sp³-hybridized carbons (Fsp3) is 0.533. The minimum Gasteiger partial charge on any atom is -0.380 e. The molecule has 0 bridgehead atoms. The molecule has 22 heavy (non-hydrogen) atoms. The molecule has 1 saturated carbocycles. The number of amides is 1. The lowest BCUT2D eigenvalue weighted by molar-refractivity contribution is 0.0916. The van der Waals surface area contributed by atoms with Crippen LogP contribution in [0.15, 0.2) is 29.2 Å². The summed E-state index contributed by atoms with van der Waals surface area (Å²) in [4.78, 5) is 12.2. The molecular weight excluding hydrogens is 304 g/mol. The van der Waals surface area contributed by atoms with Gasteiger partial charge in [-0.05, 0) is 43.9 Å². The van der Waals surface area contributed by atoms with Crippen molar-refractivity contribution in [2.75, 3.05) is 13.2 Å². The topological polar surface area (TPSA) is 84.5 Å². The van der Waals surface area contributed by atoms with Gasteiger partial charge in [-0.2, -0.15) is 0 Å². The summed E-state index contributed by atoms with van der Waals surface area (Å²) in [6, 6.07) is 6.17. The Morgan fingerprint density at radius 1 is 1.18 bits per heavy atom. The van der Waals surface area contributed by atoms with Crippen molar-refractivity contribution in [3.8, 4) is 0 Å². The van der Waals surface area contributed by atoms with Crippen LogP contribution >= 0.6 is 0 Å². The smallest absolute Gasteiger partial charge is 0.251 e. The third-order valence-corrected chi connectivity index (χ3v) is 5.62. The minimum absolute atomic E-state index is 0.112. The molecule has 1 aliphatic carbocycles. The van der Waals surface area contributed by atoms with E-state index in [0.29, 0.717) is 25.2 Å². The summed E-state index contributed by atoms with van der Waals surface area (Å²) < 4.78 is 32.5. The van der Waals surface area contributed by atoms with Crippen molar-refractivity contribution < 1.29 is 17.9 Å². The van der Waals surface area contributed by atoms with Gasteiger partial charge in [0, 0.05) is 24.3 Å². The molecule has 7 heteroatoms. The molecule has 120 valence electrons. The molecule has 2 fully saturated rings. The Balaban J connectivity index is 1.72. The molecule has 1 aromatic rings. The SMILES string of the molecule is O=C(NC1CCC1)c1cccc(S(=O)(=O)N[C@@H]2CCOC2)c1. The first-order valence-corrected chi connectivity index (χ1v) is 9.04. The third kappa shape index (κ3) is 3.48. The molecule has 0 spiro atoms. The number of carbonyl (C=O) groups excluding carboxylic acids is 1. The molecule has 1 amide bonds. The molecule has 1 aliphatic heterocycles. The van der Waals surface area contributed by atoms with Crippen LogP contribution < -0.4 is 10.0 Å². The van der Waals surface area contributed by atoms with E-state index in [9.17, 15) is 13.2 Å². The average Bonchev–Trinajstić information content (AvgIpc) is 2.95. The van der Waals surface area contributed by atoms with Gasteiger partial charge in [0.25, 0.3) is 5.91 Å². The summed E-state index contributed by atoms with van der Waals surface area (Å²) in [5.74, 6) is -0.217. The monoisotopic (exact) mass is 324 g/mol. The summed E-state index contributed by atoms with van der Waals surface area (Å²) in [6.07, 6.45) is 3.79. The summed E-state index contributed by atoms with van der Waals surface area (Å²) in [5.41, 5.74) is 0.373. The summed E-state index contributed by atoms with van der Waals surface area (Å²) >= 11 is 0. The van der Waals surface area contributed by atoms with Gasteiger partial charge < -0.3 is 10.1 Å². The van der Waals surface area contributed by atoms with Crippen LogP contribution in [0.25, 0.3) is 0 Å². The minimum atomic E-state index is -3.63. The Morgan fingerprint density at radius 3 is 2.64 bits per heavy atom. The van der Waals surface area contributed by atoms with Gasteiger partial charge in [0.15, 0.2) is 0 Å². The number of hydrogen-bond acceptors (Lipinski definition) is 4. The van der Waals surface area contributed by atoms with Gasteiger partial charge in [0.1, 0.15) is 0 Å². The number of nitrogens with one attached hydrogen (secondary N) is 2. The maximum Gasteiger partial charge on any atom is 0.251 e. The highest BCUT2D eigenvalue weighted by Gasteiger charge is 2.25. The largest absolute Gasteiger partial charge is 0.380 e. The molecule has 1 atom stereocenters. The van der Waals surface area contributed by atoms with Gasteiger partial charge in [-0.25, -0.2) is 13.1 Å². The van der Waals surface area contributed by atoms with Crippen LogP contribution in [0.4, 0.5) is 0 Å². The van der Waals surface area contributed by atoms with Crippen molar-refractivity contribution in [3.05, 3.63) is 29.8 Å². The van der Waals surface area contributed by atoms with E-state index in [1.54, 1.807) is 12.1 Å². The number of carbonyl (C=O) groups is 1. The number of ether oxygens (including phenoxy) is 1. The Morgan fingerprint density at radius 2 is 2.00 bits per heavy atom. The van der Waals surface area contributed by atoms with Gasteiger partial charge in [-0.3, -0.25) is 4.79 Å². The van der Waals surface area contributed by atoms with Crippen molar-refractivity contribution in [1.82, 2.24) is 10.0 Å². The standard InChI is InChI=1S/C15H20N2O4S/c18-15(16-12-4-2-5-12)11-3-1-6-14(9-11)22(19,20)17-13-7-8-21-10-13/h1,3,6,9,12-13,17H,2,4-5,7-8,10H2,(H,16,18)/t13-/m1/s1. The second-order valence-electron chi connectivity index (χ2n) is 5.81. The number of hydrogen-bond donors (Lipinski definition) is 2. The zero-order chi connectivity index (χ0) is 15.6. The van der Waals surface area contributed by atoms with Crippen LogP contribution in [0.5, 0.6) is 0 Å². The lowest BCUT2D eigenvalue weighted by Crippen LogP contribution is -2.39. The molecule has 6 nitrogen and oxygen atoms in total. The molecule has 0 unspecified atom stereocenters. The third-order valence-electron chi connectivity index (χ3n) is 4.10. The van der Waals surface area contributed by atoms with Crippen LogP contribution in [-0.2, 0) is 14.8 Å². The van der Waals surface area contributed by atoms with E-state index in [1.807, 2.05) is 0 Å². The lowest BCUT2D eigenvalue weighted by atomic mass is 9.93. The predicted octanol–water partition coefficient (Wildman–Crippen LogP) is 1.04. The van der Waals surface area contributed by atoms with Gasteiger partial charge in [-0.1, -0.05) is 6.07 Å². The van der Waals surface area contributed by atoms with E-state index < -0.39 is 10.0 Å². The van der Waals surface area contributed by atoms with E-state index in [4.69, 9.17) is 4.74 Å². The first-order chi connectivity index (χ1) is 10.5. The first-order valence-electron chi connectivity index (χ1n) is 7.55. The van der Waals surface area contributed by atoms with Crippen LogP contribution in [0, 0.1) is 0 Å². The zero-order valence-electron chi connectivity index (χ0n) is 12.2. The van der Waals surface area contributed by atoms with Crippen molar-refractivity contribution >= 4 is 15.9 Å². The molecule has 0 aromatic heterocycles. The zero-order valence-corrected chi connectivity index (χ0v) is 13.1. The summed E-state index contributed by atoms with van der Waals surface area (Å²) in [7, 11) is -3.63. The second kappa shape index (κ2) is 6.36. The molecule has 2 aliphatic rings. The van der Waals surface area contributed by atoms with Crippen molar-refractivity contribution in [2.24, 2.45) is 0 Å². The van der Waals surface area contributed by atoms with Crippen LogP contribution in [0.2, 0.25) is 0 Å². The van der Waals surface area contributed by atoms with Crippen molar-refractivity contribution in [2.45, 2.75) is 42.7 Å². The van der Waals surface area contributed by atoms with Gasteiger partial charge in [0.2, 0.25) is 10.0 Å². The highest BCUT2D eigenvalue weighted by Crippen LogP contribution is 2.19.